The summed E-state index contributed by atoms with van der Waals surface area (Å²) in [5, 5.41) is 9.71. The average molecular weight is 493 g/mol. The van der Waals surface area contributed by atoms with Crippen LogP contribution in [0.25, 0.3) is 11.1 Å². The van der Waals surface area contributed by atoms with Crippen molar-refractivity contribution in [3.8, 4) is 16.9 Å². The van der Waals surface area contributed by atoms with E-state index in [-0.39, 0.29) is 11.6 Å². The minimum Gasteiger partial charge on any atom is -0.508 e. The number of aromatic hydroxyl groups is 1. The molecule has 2 aromatic rings. The monoisotopic (exact) mass is 492 g/mol. The van der Waals surface area contributed by atoms with Gasteiger partial charge in [0.2, 0.25) is 0 Å². The molecule has 1 heterocycles. The predicted molar refractivity (Wildman–Crippen MR) is 123 cm³/mol. The highest BCUT2D eigenvalue weighted by molar-refractivity contribution is 9.10. The number of rotatable bonds is 3. The summed E-state index contributed by atoms with van der Waals surface area (Å²) in [5.74, 6) is 0.191. The van der Waals surface area contributed by atoms with Crippen LogP contribution in [0.15, 0.2) is 34.9 Å². The number of benzene rings is 1. The number of pyridine rings is 1. The number of amides is 2. The number of hydrogen-bond acceptors (Lipinski definition) is 6. The zero-order valence-electron chi connectivity index (χ0n) is 18.9. The number of ether oxygens (including phenoxy) is 2. The van der Waals surface area contributed by atoms with Crippen LogP contribution in [0.5, 0.6) is 5.75 Å². The standard InChI is InChI=1S/C23H29BrN2O5/c1-8-16-17(24)13-25-19(18(16)14-9-11-15(27)12-10-14)26(20(28)30-22(2,3)4)21(29)31-23(5,6)7/h9-13,27H,8H2,1-7H3. The van der Waals surface area contributed by atoms with Gasteiger partial charge in [-0.25, -0.2) is 14.6 Å². The fraction of sp³-hybridized carbons (Fsp3) is 0.435. The van der Waals surface area contributed by atoms with Gasteiger partial charge in [0.05, 0.1) is 0 Å². The Morgan fingerprint density at radius 1 is 1.00 bits per heavy atom. The van der Waals surface area contributed by atoms with Crippen molar-refractivity contribution in [3.63, 3.8) is 0 Å². The van der Waals surface area contributed by atoms with Crippen molar-refractivity contribution in [2.45, 2.75) is 66.1 Å². The lowest BCUT2D eigenvalue weighted by Gasteiger charge is -2.29. The molecule has 8 heteroatoms. The van der Waals surface area contributed by atoms with Crippen molar-refractivity contribution in [2.24, 2.45) is 0 Å². The van der Waals surface area contributed by atoms with Crippen LogP contribution in [-0.4, -0.2) is 33.5 Å². The molecule has 1 aromatic carbocycles. The van der Waals surface area contributed by atoms with Crippen molar-refractivity contribution in [2.75, 3.05) is 4.90 Å². The van der Waals surface area contributed by atoms with E-state index < -0.39 is 23.4 Å². The van der Waals surface area contributed by atoms with Crippen molar-refractivity contribution < 1.29 is 24.2 Å². The molecule has 0 aliphatic rings. The Morgan fingerprint density at radius 2 is 1.48 bits per heavy atom. The first-order valence-electron chi connectivity index (χ1n) is 9.96. The van der Waals surface area contributed by atoms with E-state index in [1.54, 1.807) is 59.9 Å². The fourth-order valence-corrected chi connectivity index (χ4v) is 3.40. The molecule has 0 atom stereocenters. The molecule has 2 rings (SSSR count). The Balaban J connectivity index is 2.76. The van der Waals surface area contributed by atoms with Gasteiger partial charge in [0.15, 0.2) is 5.82 Å². The second-order valence-electron chi connectivity index (χ2n) is 8.98. The van der Waals surface area contributed by atoms with Crippen molar-refractivity contribution in [3.05, 3.63) is 40.5 Å². The number of carbonyl (C=O) groups excluding carboxylic acids is 2. The molecule has 0 bridgehead atoms. The topological polar surface area (TPSA) is 89.0 Å². The van der Waals surface area contributed by atoms with Crippen molar-refractivity contribution in [1.82, 2.24) is 4.98 Å². The largest absolute Gasteiger partial charge is 0.508 e. The first kappa shape index (κ1) is 24.7. The predicted octanol–water partition coefficient (Wildman–Crippen LogP) is 6.46. The summed E-state index contributed by atoms with van der Waals surface area (Å²) in [6.45, 7) is 12.2. The quantitative estimate of drug-likeness (QED) is 0.528. The molecule has 0 saturated carbocycles. The summed E-state index contributed by atoms with van der Waals surface area (Å²) in [5.41, 5.74) is 0.412. The third kappa shape index (κ3) is 6.43. The summed E-state index contributed by atoms with van der Waals surface area (Å²) in [4.78, 5) is 31.5. The van der Waals surface area contributed by atoms with Crippen LogP contribution in [0.3, 0.4) is 0 Å². The van der Waals surface area contributed by atoms with Gasteiger partial charge in [-0.2, -0.15) is 4.90 Å². The summed E-state index contributed by atoms with van der Waals surface area (Å²) >= 11 is 3.51. The maximum absolute atomic E-state index is 13.1. The number of phenolic OH excluding ortho intramolecular Hbond substituents is 1. The van der Waals surface area contributed by atoms with E-state index in [4.69, 9.17) is 9.47 Å². The number of phenols is 1. The molecular formula is C23H29BrN2O5. The van der Waals surface area contributed by atoms with E-state index in [0.717, 1.165) is 14.9 Å². The molecule has 1 aromatic heterocycles. The van der Waals surface area contributed by atoms with Gasteiger partial charge < -0.3 is 14.6 Å². The third-order valence-electron chi connectivity index (χ3n) is 3.99. The second kappa shape index (κ2) is 9.26. The third-order valence-corrected chi connectivity index (χ3v) is 4.67. The zero-order valence-corrected chi connectivity index (χ0v) is 20.5. The maximum Gasteiger partial charge on any atom is 0.425 e. The Hall–Kier alpha value is -2.61. The highest BCUT2D eigenvalue weighted by Crippen LogP contribution is 2.38. The number of halogens is 1. The van der Waals surface area contributed by atoms with Gasteiger partial charge in [0.25, 0.3) is 0 Å². The average Bonchev–Trinajstić information content (AvgIpc) is 2.60. The number of hydrogen-bond donors (Lipinski definition) is 1. The van der Waals surface area contributed by atoms with E-state index in [9.17, 15) is 14.7 Å². The lowest BCUT2D eigenvalue weighted by Crippen LogP contribution is -2.44. The minimum atomic E-state index is -0.890. The minimum absolute atomic E-state index is 0.0919. The number of anilines is 1. The van der Waals surface area contributed by atoms with Gasteiger partial charge in [-0.05, 0) is 87.2 Å². The highest BCUT2D eigenvalue weighted by atomic mass is 79.9. The molecule has 0 unspecified atom stereocenters. The van der Waals surface area contributed by atoms with Crippen LogP contribution in [0.1, 0.15) is 54.0 Å². The fourth-order valence-electron chi connectivity index (χ4n) is 2.82. The van der Waals surface area contributed by atoms with Gasteiger partial charge in [-0.1, -0.05) is 19.1 Å². The molecule has 31 heavy (non-hydrogen) atoms. The summed E-state index contributed by atoms with van der Waals surface area (Å²) in [6, 6.07) is 6.46. The number of carbonyl (C=O) groups is 2. The number of nitrogens with zero attached hydrogens (tertiary/aromatic N) is 2. The van der Waals surface area contributed by atoms with Gasteiger partial charge in [0.1, 0.15) is 17.0 Å². The van der Waals surface area contributed by atoms with Gasteiger partial charge in [-0.3, -0.25) is 0 Å². The lowest BCUT2D eigenvalue weighted by atomic mass is 9.98. The van der Waals surface area contributed by atoms with Crippen LogP contribution >= 0.6 is 15.9 Å². The smallest absolute Gasteiger partial charge is 0.425 e. The molecule has 168 valence electrons. The van der Waals surface area contributed by atoms with Crippen LogP contribution < -0.4 is 4.90 Å². The van der Waals surface area contributed by atoms with Crippen molar-refractivity contribution in [1.29, 1.82) is 0 Å². The zero-order chi connectivity index (χ0) is 23.6. The number of aromatic nitrogens is 1. The van der Waals surface area contributed by atoms with Gasteiger partial charge in [-0.15, -0.1) is 0 Å². The summed E-state index contributed by atoms with van der Waals surface area (Å²) < 4.78 is 11.7. The maximum atomic E-state index is 13.1. The molecule has 0 spiro atoms. The van der Waals surface area contributed by atoms with E-state index in [0.29, 0.717) is 17.5 Å². The molecule has 7 nitrogen and oxygen atoms in total. The van der Waals surface area contributed by atoms with Gasteiger partial charge >= 0.3 is 12.2 Å². The molecule has 0 fully saturated rings. The molecular weight excluding hydrogens is 464 g/mol. The van der Waals surface area contributed by atoms with E-state index in [1.807, 2.05) is 6.92 Å². The van der Waals surface area contributed by atoms with Crippen LogP contribution in [-0.2, 0) is 15.9 Å². The van der Waals surface area contributed by atoms with Crippen molar-refractivity contribution >= 4 is 33.9 Å². The molecule has 2 amide bonds. The molecule has 0 aliphatic carbocycles. The Labute approximate surface area is 191 Å². The van der Waals surface area contributed by atoms with E-state index in [2.05, 4.69) is 20.9 Å². The Bertz CT molecular complexity index is 932. The Morgan fingerprint density at radius 3 is 1.90 bits per heavy atom. The van der Waals surface area contributed by atoms with Gasteiger partial charge in [0, 0.05) is 16.2 Å². The molecule has 0 aliphatic heterocycles. The SMILES string of the molecule is CCc1c(Br)cnc(N(C(=O)OC(C)(C)C)C(=O)OC(C)(C)C)c1-c1ccc(O)cc1. The highest BCUT2D eigenvalue weighted by Gasteiger charge is 2.36. The second-order valence-corrected chi connectivity index (χ2v) is 9.83. The molecule has 1 N–H and O–H groups in total. The first-order chi connectivity index (χ1) is 14.2. The summed E-state index contributed by atoms with van der Waals surface area (Å²) in [7, 11) is 0. The normalized spacial score (nSPS) is 11.7. The molecule has 0 saturated heterocycles. The van der Waals surface area contributed by atoms with E-state index in [1.165, 1.54) is 12.1 Å². The van der Waals surface area contributed by atoms with Crippen LogP contribution in [0.4, 0.5) is 15.4 Å². The number of imide groups is 1. The first-order valence-corrected chi connectivity index (χ1v) is 10.8. The lowest BCUT2D eigenvalue weighted by molar-refractivity contribution is 0.0429. The van der Waals surface area contributed by atoms with Crippen LogP contribution in [0.2, 0.25) is 0 Å². The van der Waals surface area contributed by atoms with E-state index >= 15 is 0 Å². The molecule has 0 radical (unpaired) electrons. The Kier molecular flexibility index (Phi) is 7.36. The van der Waals surface area contributed by atoms with Crippen LogP contribution in [0, 0.1) is 0 Å². The summed E-state index contributed by atoms with van der Waals surface area (Å²) in [6.07, 6.45) is 0.361.